The van der Waals surface area contributed by atoms with Gasteiger partial charge in [0.05, 0.1) is 18.3 Å². The van der Waals surface area contributed by atoms with Crippen LogP contribution in [0, 0.1) is 5.92 Å². The van der Waals surface area contributed by atoms with Gasteiger partial charge in [0.2, 0.25) is 0 Å². The van der Waals surface area contributed by atoms with Crippen LogP contribution >= 0.6 is 0 Å². The Bertz CT molecular complexity index is 791. The largest absolute Gasteiger partial charge is 0.493 e. The van der Waals surface area contributed by atoms with Crippen LogP contribution in [0.3, 0.4) is 0 Å². The second kappa shape index (κ2) is 4.92. The molecule has 3 nitrogen and oxygen atoms in total. The van der Waals surface area contributed by atoms with E-state index in [1.807, 2.05) is 24.0 Å². The Morgan fingerprint density at radius 3 is 3.10 bits per heavy atom. The van der Waals surface area contributed by atoms with Crippen LogP contribution in [0.15, 0.2) is 48.7 Å². The predicted octanol–water partition coefficient (Wildman–Crippen LogP) is 3.37. The minimum Gasteiger partial charge on any atom is -0.493 e. The average molecular weight is 278 g/mol. The van der Waals surface area contributed by atoms with Gasteiger partial charge in [-0.2, -0.15) is 5.10 Å². The molecule has 1 aliphatic rings. The Labute approximate surface area is 124 Å². The maximum Gasteiger partial charge on any atom is 0.122 e. The molecule has 0 fully saturated rings. The maximum atomic E-state index is 5.88. The molecule has 106 valence electrons. The van der Waals surface area contributed by atoms with Crippen molar-refractivity contribution in [2.24, 2.45) is 13.0 Å². The fourth-order valence-electron chi connectivity index (χ4n) is 3.20. The number of hydrogen-bond donors (Lipinski definition) is 0. The number of fused-ring (bicyclic) bond motifs is 2. The van der Waals surface area contributed by atoms with Crippen molar-refractivity contribution in [2.45, 2.75) is 12.8 Å². The highest BCUT2D eigenvalue weighted by Gasteiger charge is 2.19. The number of aryl methyl sites for hydroxylation is 1. The third kappa shape index (κ3) is 2.29. The molecule has 0 saturated heterocycles. The van der Waals surface area contributed by atoms with Crippen LogP contribution in [0.4, 0.5) is 0 Å². The van der Waals surface area contributed by atoms with Gasteiger partial charge in [-0.05, 0) is 42.2 Å². The van der Waals surface area contributed by atoms with E-state index in [9.17, 15) is 0 Å². The van der Waals surface area contributed by atoms with Gasteiger partial charge in [0, 0.05) is 18.4 Å². The Balaban J connectivity index is 1.55. The van der Waals surface area contributed by atoms with Crippen LogP contribution in [0.5, 0.6) is 5.75 Å². The standard InChI is InChI=1S/C18H18N2O/c1-20-17-7-6-13(9-16(17)11-19-20)8-14-10-15-4-2-3-5-18(15)21-12-14/h2-7,9,11,14H,8,10,12H2,1H3. The molecular formula is C18H18N2O. The Morgan fingerprint density at radius 2 is 2.14 bits per heavy atom. The summed E-state index contributed by atoms with van der Waals surface area (Å²) in [7, 11) is 1.98. The molecular weight excluding hydrogens is 260 g/mol. The van der Waals surface area contributed by atoms with E-state index < -0.39 is 0 Å². The van der Waals surface area contributed by atoms with Gasteiger partial charge in [0.1, 0.15) is 5.75 Å². The van der Waals surface area contributed by atoms with Crippen molar-refractivity contribution in [3.63, 3.8) is 0 Å². The first kappa shape index (κ1) is 12.5. The molecule has 0 N–H and O–H groups in total. The van der Waals surface area contributed by atoms with E-state index in [1.165, 1.54) is 22.0 Å². The zero-order chi connectivity index (χ0) is 14.2. The monoisotopic (exact) mass is 278 g/mol. The number of rotatable bonds is 2. The highest BCUT2D eigenvalue weighted by molar-refractivity contribution is 5.79. The molecule has 0 radical (unpaired) electrons. The van der Waals surface area contributed by atoms with E-state index in [0.29, 0.717) is 5.92 Å². The van der Waals surface area contributed by atoms with Crippen LogP contribution < -0.4 is 4.74 Å². The number of para-hydroxylation sites is 1. The Kier molecular flexibility index (Phi) is 2.92. The summed E-state index contributed by atoms with van der Waals surface area (Å²) in [6.07, 6.45) is 4.09. The second-order valence-corrected chi connectivity index (χ2v) is 5.85. The lowest BCUT2D eigenvalue weighted by Crippen LogP contribution is -2.22. The topological polar surface area (TPSA) is 27.1 Å². The van der Waals surface area contributed by atoms with Gasteiger partial charge >= 0.3 is 0 Å². The molecule has 0 bridgehead atoms. The Hall–Kier alpha value is -2.29. The molecule has 0 aliphatic carbocycles. The molecule has 21 heavy (non-hydrogen) atoms. The summed E-state index contributed by atoms with van der Waals surface area (Å²) < 4.78 is 7.80. The molecule has 1 unspecified atom stereocenters. The molecule has 1 atom stereocenters. The highest BCUT2D eigenvalue weighted by atomic mass is 16.5. The lowest BCUT2D eigenvalue weighted by atomic mass is 9.91. The average Bonchev–Trinajstić information content (AvgIpc) is 2.88. The minimum absolute atomic E-state index is 0.550. The molecule has 0 spiro atoms. The molecule has 1 aliphatic heterocycles. The zero-order valence-corrected chi connectivity index (χ0v) is 12.1. The third-order valence-electron chi connectivity index (χ3n) is 4.29. The summed E-state index contributed by atoms with van der Waals surface area (Å²) in [5.41, 5.74) is 3.88. The fraction of sp³-hybridized carbons (Fsp3) is 0.278. The van der Waals surface area contributed by atoms with E-state index in [0.717, 1.165) is 25.2 Å². The lowest BCUT2D eigenvalue weighted by molar-refractivity contribution is 0.221. The van der Waals surface area contributed by atoms with E-state index in [1.54, 1.807) is 0 Å². The molecule has 2 heterocycles. The molecule has 0 amide bonds. The van der Waals surface area contributed by atoms with Gasteiger partial charge < -0.3 is 4.74 Å². The minimum atomic E-state index is 0.550. The van der Waals surface area contributed by atoms with Crippen molar-refractivity contribution in [3.8, 4) is 5.75 Å². The van der Waals surface area contributed by atoms with E-state index in [4.69, 9.17) is 4.74 Å². The van der Waals surface area contributed by atoms with Crippen LogP contribution in [0.25, 0.3) is 10.9 Å². The predicted molar refractivity (Wildman–Crippen MR) is 83.5 cm³/mol. The van der Waals surface area contributed by atoms with Gasteiger partial charge in [-0.1, -0.05) is 24.3 Å². The molecule has 3 aromatic rings. The molecule has 2 aromatic carbocycles. The normalized spacial score (nSPS) is 17.5. The van der Waals surface area contributed by atoms with Crippen molar-refractivity contribution in [1.82, 2.24) is 9.78 Å². The quantitative estimate of drug-likeness (QED) is 0.718. The van der Waals surface area contributed by atoms with Gasteiger partial charge in [-0.15, -0.1) is 0 Å². The lowest BCUT2D eigenvalue weighted by Gasteiger charge is -2.25. The van der Waals surface area contributed by atoms with Crippen LogP contribution in [-0.4, -0.2) is 16.4 Å². The second-order valence-electron chi connectivity index (χ2n) is 5.85. The Morgan fingerprint density at radius 1 is 1.24 bits per heavy atom. The molecule has 1 aromatic heterocycles. The molecule has 3 heteroatoms. The van der Waals surface area contributed by atoms with Gasteiger partial charge in [-0.3, -0.25) is 4.68 Å². The molecule has 0 saturated carbocycles. The van der Waals surface area contributed by atoms with Gasteiger partial charge in [-0.25, -0.2) is 0 Å². The third-order valence-corrected chi connectivity index (χ3v) is 4.29. The first-order chi connectivity index (χ1) is 10.3. The number of aromatic nitrogens is 2. The van der Waals surface area contributed by atoms with Gasteiger partial charge in [0.25, 0.3) is 0 Å². The number of ether oxygens (including phenoxy) is 1. The van der Waals surface area contributed by atoms with Crippen LogP contribution in [0.1, 0.15) is 11.1 Å². The summed E-state index contributed by atoms with van der Waals surface area (Å²) in [4.78, 5) is 0. The van der Waals surface area contributed by atoms with Crippen molar-refractivity contribution in [3.05, 3.63) is 59.8 Å². The first-order valence-corrected chi connectivity index (χ1v) is 7.41. The van der Waals surface area contributed by atoms with E-state index in [2.05, 4.69) is 41.5 Å². The smallest absolute Gasteiger partial charge is 0.122 e. The highest BCUT2D eigenvalue weighted by Crippen LogP contribution is 2.29. The van der Waals surface area contributed by atoms with Gasteiger partial charge in [0.15, 0.2) is 0 Å². The summed E-state index contributed by atoms with van der Waals surface area (Å²) in [6.45, 7) is 0.808. The first-order valence-electron chi connectivity index (χ1n) is 7.41. The van der Waals surface area contributed by atoms with E-state index in [-0.39, 0.29) is 0 Å². The van der Waals surface area contributed by atoms with Crippen molar-refractivity contribution >= 4 is 10.9 Å². The number of nitrogens with zero attached hydrogens (tertiary/aromatic N) is 2. The molecule has 4 rings (SSSR count). The van der Waals surface area contributed by atoms with Crippen molar-refractivity contribution in [1.29, 1.82) is 0 Å². The number of benzene rings is 2. The summed E-state index contributed by atoms with van der Waals surface area (Å²) in [5.74, 6) is 1.60. The summed E-state index contributed by atoms with van der Waals surface area (Å²) >= 11 is 0. The zero-order valence-electron chi connectivity index (χ0n) is 12.1. The maximum absolute atomic E-state index is 5.88. The van der Waals surface area contributed by atoms with Crippen molar-refractivity contribution < 1.29 is 4.74 Å². The van der Waals surface area contributed by atoms with Crippen molar-refractivity contribution in [2.75, 3.05) is 6.61 Å². The van der Waals surface area contributed by atoms with E-state index >= 15 is 0 Å². The fourth-order valence-corrected chi connectivity index (χ4v) is 3.20. The van der Waals surface area contributed by atoms with Crippen LogP contribution in [-0.2, 0) is 19.9 Å². The summed E-state index contributed by atoms with van der Waals surface area (Å²) in [6, 6.07) is 15.0. The van der Waals surface area contributed by atoms with Crippen LogP contribution in [0.2, 0.25) is 0 Å². The number of hydrogen-bond acceptors (Lipinski definition) is 2. The SMILES string of the molecule is Cn1ncc2cc(CC3COc4ccccc4C3)ccc21. The summed E-state index contributed by atoms with van der Waals surface area (Å²) in [5, 5.41) is 5.52.